The molecular weight excluding hydrogens is 246 g/mol. The van der Waals surface area contributed by atoms with Crippen LogP contribution >= 0.6 is 0 Å². The Bertz CT molecular complexity index is 322. The molecule has 0 atom stereocenters. The molecule has 0 saturated heterocycles. The summed E-state index contributed by atoms with van der Waals surface area (Å²) in [6.45, 7) is 6.76. The van der Waals surface area contributed by atoms with Crippen molar-refractivity contribution in [3.05, 3.63) is 0 Å². The summed E-state index contributed by atoms with van der Waals surface area (Å²) in [5.74, 6) is -0.366. The maximum Gasteiger partial charge on any atom is 0.220 e. The second-order valence-corrected chi connectivity index (χ2v) is 5.61. The van der Waals surface area contributed by atoms with E-state index in [1.54, 1.807) is 0 Å². The summed E-state index contributed by atoms with van der Waals surface area (Å²) in [6.07, 6.45) is 0.798. The van der Waals surface area contributed by atoms with E-state index < -0.39 is 0 Å². The van der Waals surface area contributed by atoms with Crippen LogP contribution in [0.25, 0.3) is 0 Å². The Morgan fingerprint density at radius 1 is 0.842 bits per heavy atom. The van der Waals surface area contributed by atoms with Gasteiger partial charge >= 0.3 is 0 Å². The zero-order valence-electron chi connectivity index (χ0n) is 12.3. The standard InChI is InChI=1S/C13H25N3O3/c1-13(2,3)9-12(19)16-8-7-15-11(18)6-5-10(17)14-4/h5-9H2,1-4H3,(H,14,17)(H,15,18)(H,16,19). The zero-order valence-corrected chi connectivity index (χ0v) is 12.3. The largest absolute Gasteiger partial charge is 0.359 e. The van der Waals surface area contributed by atoms with Gasteiger partial charge in [0.1, 0.15) is 0 Å². The summed E-state index contributed by atoms with van der Waals surface area (Å²) >= 11 is 0. The molecule has 0 rings (SSSR count). The molecule has 3 N–H and O–H groups in total. The Kier molecular flexibility index (Phi) is 7.79. The predicted octanol–water partition coefficient (Wildman–Crippen LogP) is 0.181. The molecule has 0 radical (unpaired) electrons. The molecule has 0 saturated carbocycles. The van der Waals surface area contributed by atoms with Crippen LogP contribution in [0.3, 0.4) is 0 Å². The summed E-state index contributed by atoms with van der Waals surface area (Å²) in [5.41, 5.74) is -0.0408. The molecular formula is C13H25N3O3. The zero-order chi connectivity index (χ0) is 14.9. The number of rotatable bonds is 7. The number of carbonyl (C=O) groups excluding carboxylic acids is 3. The maximum absolute atomic E-state index is 11.5. The van der Waals surface area contributed by atoms with Crippen LogP contribution in [0, 0.1) is 5.41 Å². The summed E-state index contributed by atoms with van der Waals surface area (Å²) in [7, 11) is 1.53. The quantitative estimate of drug-likeness (QED) is 0.577. The van der Waals surface area contributed by atoms with Gasteiger partial charge in [0.2, 0.25) is 17.7 Å². The molecule has 0 aromatic rings. The Balaban J connectivity index is 3.61. The maximum atomic E-state index is 11.5. The molecule has 6 heteroatoms. The molecule has 110 valence electrons. The molecule has 0 aliphatic carbocycles. The van der Waals surface area contributed by atoms with Crippen molar-refractivity contribution in [1.82, 2.24) is 16.0 Å². The van der Waals surface area contributed by atoms with Crippen LogP contribution in [0.2, 0.25) is 0 Å². The van der Waals surface area contributed by atoms with E-state index in [1.165, 1.54) is 7.05 Å². The van der Waals surface area contributed by atoms with E-state index in [0.29, 0.717) is 19.5 Å². The fourth-order valence-electron chi connectivity index (χ4n) is 1.39. The second kappa shape index (κ2) is 8.50. The van der Waals surface area contributed by atoms with E-state index >= 15 is 0 Å². The molecule has 0 fully saturated rings. The summed E-state index contributed by atoms with van der Waals surface area (Å²) < 4.78 is 0. The van der Waals surface area contributed by atoms with Crippen molar-refractivity contribution in [2.24, 2.45) is 5.41 Å². The molecule has 6 nitrogen and oxygen atoms in total. The fraction of sp³-hybridized carbons (Fsp3) is 0.769. The predicted molar refractivity (Wildman–Crippen MR) is 73.4 cm³/mol. The van der Waals surface area contributed by atoms with E-state index in [2.05, 4.69) is 16.0 Å². The van der Waals surface area contributed by atoms with E-state index in [0.717, 1.165) is 0 Å². The van der Waals surface area contributed by atoms with Crippen LogP contribution in [-0.4, -0.2) is 37.9 Å². The van der Waals surface area contributed by atoms with Crippen molar-refractivity contribution >= 4 is 17.7 Å². The van der Waals surface area contributed by atoms with Crippen LogP contribution in [-0.2, 0) is 14.4 Å². The third kappa shape index (κ3) is 11.2. The number of nitrogens with one attached hydrogen (secondary N) is 3. The molecule has 0 unspecified atom stereocenters. The van der Waals surface area contributed by atoms with Crippen molar-refractivity contribution in [2.75, 3.05) is 20.1 Å². The van der Waals surface area contributed by atoms with Gasteiger partial charge in [-0.25, -0.2) is 0 Å². The second-order valence-electron chi connectivity index (χ2n) is 5.61. The third-order valence-electron chi connectivity index (χ3n) is 2.32. The van der Waals surface area contributed by atoms with Crippen molar-refractivity contribution in [2.45, 2.75) is 40.0 Å². The minimum Gasteiger partial charge on any atom is -0.359 e. The van der Waals surface area contributed by atoms with Crippen molar-refractivity contribution in [3.8, 4) is 0 Å². The van der Waals surface area contributed by atoms with Crippen molar-refractivity contribution < 1.29 is 14.4 Å². The van der Waals surface area contributed by atoms with E-state index in [-0.39, 0.29) is 36.0 Å². The first-order valence-electron chi connectivity index (χ1n) is 6.48. The van der Waals surface area contributed by atoms with Crippen molar-refractivity contribution in [1.29, 1.82) is 0 Å². The van der Waals surface area contributed by atoms with Crippen LogP contribution in [0.4, 0.5) is 0 Å². The molecule has 3 amide bonds. The van der Waals surface area contributed by atoms with Crippen molar-refractivity contribution in [3.63, 3.8) is 0 Å². The monoisotopic (exact) mass is 271 g/mol. The Hall–Kier alpha value is -1.59. The molecule has 0 bridgehead atoms. The van der Waals surface area contributed by atoms with E-state index in [1.807, 2.05) is 20.8 Å². The molecule has 0 spiro atoms. The van der Waals surface area contributed by atoms with Gasteiger partial charge in [-0.05, 0) is 5.41 Å². The van der Waals surface area contributed by atoms with Gasteiger partial charge in [0.15, 0.2) is 0 Å². The topological polar surface area (TPSA) is 87.3 Å². The van der Waals surface area contributed by atoms with Gasteiger partial charge in [-0.2, -0.15) is 0 Å². The van der Waals surface area contributed by atoms with Gasteiger partial charge in [0.05, 0.1) is 0 Å². The Morgan fingerprint density at radius 2 is 1.32 bits per heavy atom. The lowest BCUT2D eigenvalue weighted by Gasteiger charge is -2.17. The minimum atomic E-state index is -0.186. The molecule has 0 heterocycles. The SMILES string of the molecule is CNC(=O)CCC(=O)NCCNC(=O)CC(C)(C)C. The highest BCUT2D eigenvalue weighted by atomic mass is 16.2. The summed E-state index contributed by atoms with van der Waals surface area (Å²) in [6, 6.07) is 0. The van der Waals surface area contributed by atoms with Gasteiger partial charge in [-0.1, -0.05) is 20.8 Å². The highest BCUT2D eigenvalue weighted by molar-refractivity contribution is 5.83. The smallest absolute Gasteiger partial charge is 0.220 e. The fourth-order valence-corrected chi connectivity index (χ4v) is 1.39. The number of amides is 3. The average molecular weight is 271 g/mol. The highest BCUT2D eigenvalue weighted by Gasteiger charge is 2.15. The molecule has 0 aliphatic rings. The lowest BCUT2D eigenvalue weighted by atomic mass is 9.92. The lowest BCUT2D eigenvalue weighted by molar-refractivity contribution is -0.126. The number of hydrogen-bond donors (Lipinski definition) is 3. The van der Waals surface area contributed by atoms with Crippen LogP contribution in [0.5, 0.6) is 0 Å². The average Bonchev–Trinajstić information content (AvgIpc) is 2.29. The summed E-state index contributed by atoms with van der Waals surface area (Å²) in [5, 5.41) is 7.83. The van der Waals surface area contributed by atoms with E-state index in [9.17, 15) is 14.4 Å². The minimum absolute atomic E-state index is 0.0212. The van der Waals surface area contributed by atoms with Gasteiger partial charge in [0.25, 0.3) is 0 Å². The van der Waals surface area contributed by atoms with Gasteiger partial charge in [0, 0.05) is 39.4 Å². The highest BCUT2D eigenvalue weighted by Crippen LogP contribution is 2.17. The first kappa shape index (κ1) is 17.4. The summed E-state index contributed by atoms with van der Waals surface area (Å²) in [4.78, 5) is 33.7. The van der Waals surface area contributed by atoms with Crippen LogP contribution in [0.15, 0.2) is 0 Å². The Morgan fingerprint density at radius 3 is 1.79 bits per heavy atom. The third-order valence-corrected chi connectivity index (χ3v) is 2.32. The lowest BCUT2D eigenvalue weighted by Crippen LogP contribution is -2.36. The normalized spacial score (nSPS) is 10.7. The van der Waals surface area contributed by atoms with E-state index in [4.69, 9.17) is 0 Å². The molecule has 0 aliphatic heterocycles. The van der Waals surface area contributed by atoms with Crippen LogP contribution in [0.1, 0.15) is 40.0 Å². The number of carbonyl (C=O) groups is 3. The van der Waals surface area contributed by atoms with Gasteiger partial charge in [-0.3, -0.25) is 14.4 Å². The first-order chi connectivity index (χ1) is 8.74. The number of hydrogen-bond acceptors (Lipinski definition) is 3. The van der Waals surface area contributed by atoms with Crippen LogP contribution < -0.4 is 16.0 Å². The Labute approximate surface area is 114 Å². The molecule has 0 aromatic heterocycles. The van der Waals surface area contributed by atoms with Gasteiger partial charge in [-0.15, -0.1) is 0 Å². The molecule has 19 heavy (non-hydrogen) atoms. The first-order valence-corrected chi connectivity index (χ1v) is 6.48. The molecule has 0 aromatic carbocycles. The van der Waals surface area contributed by atoms with Gasteiger partial charge < -0.3 is 16.0 Å².